The number of ether oxygens (including phenoxy) is 1. The van der Waals surface area contributed by atoms with Gasteiger partial charge in [0.1, 0.15) is 0 Å². The van der Waals surface area contributed by atoms with E-state index in [0.717, 1.165) is 25.9 Å². The van der Waals surface area contributed by atoms with Crippen molar-refractivity contribution in [2.24, 2.45) is 0 Å². The molecule has 0 aromatic carbocycles. The summed E-state index contributed by atoms with van der Waals surface area (Å²) in [6, 6.07) is 0. The molecule has 1 fully saturated rings. The zero-order valence-corrected chi connectivity index (χ0v) is 8.13. The molecular formula is C7H12BrNO2. The van der Waals surface area contributed by atoms with Gasteiger partial charge >= 0.3 is 6.09 Å². The molecule has 0 spiro atoms. The van der Waals surface area contributed by atoms with Gasteiger partial charge in [-0.05, 0) is 12.8 Å². The summed E-state index contributed by atoms with van der Waals surface area (Å²) in [7, 11) is 1.42. The zero-order valence-electron chi connectivity index (χ0n) is 6.55. The Morgan fingerprint density at radius 2 is 2.45 bits per heavy atom. The minimum atomic E-state index is -0.214. The quantitative estimate of drug-likeness (QED) is 0.583. The second kappa shape index (κ2) is 3.95. The number of halogens is 1. The summed E-state index contributed by atoms with van der Waals surface area (Å²) in [5.74, 6) is 0. The fraction of sp³-hybridized carbons (Fsp3) is 0.857. The number of rotatable bonds is 0. The number of alkyl halides is 1. The Hall–Kier alpha value is -0.250. The summed E-state index contributed by atoms with van der Waals surface area (Å²) >= 11 is 3.48. The van der Waals surface area contributed by atoms with Crippen molar-refractivity contribution in [3.63, 3.8) is 0 Å². The Bertz CT molecular complexity index is 151. The van der Waals surface area contributed by atoms with Gasteiger partial charge in [0.25, 0.3) is 0 Å². The van der Waals surface area contributed by atoms with Gasteiger partial charge in [-0.2, -0.15) is 0 Å². The smallest absolute Gasteiger partial charge is 0.409 e. The standard InChI is InChI=1S/C7H12BrNO2/c1-11-7(10)9-4-2-3-6(8)5-9/h6H,2-5H2,1H3. The molecule has 4 heteroatoms. The number of carbonyl (C=O) groups excluding carboxylic acids is 1. The van der Waals surface area contributed by atoms with Crippen molar-refractivity contribution in [2.45, 2.75) is 17.7 Å². The molecule has 11 heavy (non-hydrogen) atoms. The van der Waals surface area contributed by atoms with Crippen LogP contribution >= 0.6 is 15.9 Å². The first-order valence-corrected chi connectivity index (χ1v) is 4.62. The number of amides is 1. The molecule has 64 valence electrons. The topological polar surface area (TPSA) is 29.5 Å². The highest BCUT2D eigenvalue weighted by Crippen LogP contribution is 2.16. The van der Waals surface area contributed by atoms with Crippen LogP contribution in [0.2, 0.25) is 0 Å². The lowest BCUT2D eigenvalue weighted by Crippen LogP contribution is -2.40. The maximum atomic E-state index is 11.0. The molecule has 1 heterocycles. The maximum absolute atomic E-state index is 11.0. The van der Waals surface area contributed by atoms with E-state index >= 15 is 0 Å². The zero-order chi connectivity index (χ0) is 8.27. The number of piperidine rings is 1. The van der Waals surface area contributed by atoms with E-state index in [2.05, 4.69) is 20.7 Å². The van der Waals surface area contributed by atoms with E-state index in [0.29, 0.717) is 4.83 Å². The Morgan fingerprint density at radius 3 is 3.00 bits per heavy atom. The van der Waals surface area contributed by atoms with Gasteiger partial charge in [0.15, 0.2) is 0 Å². The van der Waals surface area contributed by atoms with Crippen molar-refractivity contribution in [3.05, 3.63) is 0 Å². The van der Waals surface area contributed by atoms with E-state index in [4.69, 9.17) is 0 Å². The number of hydrogen-bond acceptors (Lipinski definition) is 2. The van der Waals surface area contributed by atoms with Crippen LogP contribution in [0.1, 0.15) is 12.8 Å². The highest BCUT2D eigenvalue weighted by molar-refractivity contribution is 9.09. The SMILES string of the molecule is COC(=O)N1CCCC(Br)C1. The van der Waals surface area contributed by atoms with Crippen molar-refractivity contribution in [3.8, 4) is 0 Å². The first-order chi connectivity index (χ1) is 5.24. The second-order valence-electron chi connectivity index (χ2n) is 2.66. The van der Waals surface area contributed by atoms with Crippen molar-refractivity contribution in [1.82, 2.24) is 4.90 Å². The first-order valence-electron chi connectivity index (χ1n) is 3.71. The molecule has 0 bridgehead atoms. The molecule has 0 aromatic heterocycles. The molecule has 1 amide bonds. The number of methoxy groups -OCH3 is 1. The third kappa shape index (κ3) is 2.36. The van der Waals surface area contributed by atoms with Crippen molar-refractivity contribution >= 4 is 22.0 Å². The number of carbonyl (C=O) groups is 1. The van der Waals surface area contributed by atoms with Crippen LogP contribution in [0.3, 0.4) is 0 Å². The molecule has 1 aliphatic heterocycles. The highest BCUT2D eigenvalue weighted by Gasteiger charge is 2.21. The van der Waals surface area contributed by atoms with Gasteiger partial charge in [0.05, 0.1) is 7.11 Å². The molecule has 0 N–H and O–H groups in total. The molecule has 3 nitrogen and oxygen atoms in total. The summed E-state index contributed by atoms with van der Waals surface area (Å²) < 4.78 is 4.60. The van der Waals surface area contributed by atoms with Gasteiger partial charge in [-0.1, -0.05) is 15.9 Å². The van der Waals surface area contributed by atoms with Crippen molar-refractivity contribution in [2.75, 3.05) is 20.2 Å². The van der Waals surface area contributed by atoms with Crippen LogP contribution in [-0.2, 0) is 4.74 Å². The molecule has 0 saturated carbocycles. The van der Waals surface area contributed by atoms with Gasteiger partial charge in [-0.25, -0.2) is 4.79 Å². The molecule has 1 saturated heterocycles. The Balaban J connectivity index is 2.39. The molecule has 1 atom stereocenters. The van der Waals surface area contributed by atoms with Crippen molar-refractivity contribution < 1.29 is 9.53 Å². The van der Waals surface area contributed by atoms with Crippen LogP contribution in [0.5, 0.6) is 0 Å². The average Bonchev–Trinajstić information content (AvgIpc) is 2.03. The lowest BCUT2D eigenvalue weighted by Gasteiger charge is -2.28. The second-order valence-corrected chi connectivity index (χ2v) is 3.95. The summed E-state index contributed by atoms with van der Waals surface area (Å²) in [6.45, 7) is 1.60. The largest absolute Gasteiger partial charge is 0.453 e. The predicted molar refractivity (Wildman–Crippen MR) is 45.9 cm³/mol. The van der Waals surface area contributed by atoms with E-state index in [9.17, 15) is 4.79 Å². The fourth-order valence-electron chi connectivity index (χ4n) is 1.22. The maximum Gasteiger partial charge on any atom is 0.409 e. The minimum Gasteiger partial charge on any atom is -0.453 e. The average molecular weight is 222 g/mol. The summed E-state index contributed by atoms with van der Waals surface area (Å²) in [6.07, 6.45) is 1.99. The van der Waals surface area contributed by atoms with Gasteiger partial charge < -0.3 is 9.64 Å². The third-order valence-electron chi connectivity index (χ3n) is 1.80. The monoisotopic (exact) mass is 221 g/mol. The van der Waals surface area contributed by atoms with E-state index < -0.39 is 0 Å². The summed E-state index contributed by atoms with van der Waals surface area (Å²) in [4.78, 5) is 13.2. The van der Waals surface area contributed by atoms with Gasteiger partial charge in [0, 0.05) is 17.9 Å². The Morgan fingerprint density at radius 1 is 1.73 bits per heavy atom. The van der Waals surface area contributed by atoms with E-state index in [1.165, 1.54) is 7.11 Å². The number of nitrogens with zero attached hydrogens (tertiary/aromatic N) is 1. The van der Waals surface area contributed by atoms with Crippen LogP contribution in [-0.4, -0.2) is 36.0 Å². The molecule has 0 aromatic rings. The van der Waals surface area contributed by atoms with Crippen LogP contribution < -0.4 is 0 Å². The van der Waals surface area contributed by atoms with Crippen LogP contribution in [0.15, 0.2) is 0 Å². The third-order valence-corrected chi connectivity index (χ3v) is 2.54. The lowest BCUT2D eigenvalue weighted by molar-refractivity contribution is 0.117. The van der Waals surface area contributed by atoms with E-state index in [1.807, 2.05) is 0 Å². The molecule has 1 aliphatic rings. The van der Waals surface area contributed by atoms with Gasteiger partial charge in [0.2, 0.25) is 0 Å². The molecule has 0 radical (unpaired) electrons. The summed E-state index contributed by atoms with van der Waals surface area (Å²) in [5.41, 5.74) is 0. The fourth-order valence-corrected chi connectivity index (χ4v) is 1.89. The van der Waals surface area contributed by atoms with E-state index in [-0.39, 0.29) is 6.09 Å². The Kier molecular flexibility index (Phi) is 3.17. The molecular weight excluding hydrogens is 210 g/mol. The van der Waals surface area contributed by atoms with Crippen LogP contribution in [0.25, 0.3) is 0 Å². The lowest BCUT2D eigenvalue weighted by atomic mass is 10.1. The first kappa shape index (κ1) is 8.84. The van der Waals surface area contributed by atoms with Crippen LogP contribution in [0.4, 0.5) is 4.79 Å². The highest BCUT2D eigenvalue weighted by atomic mass is 79.9. The minimum absolute atomic E-state index is 0.214. The van der Waals surface area contributed by atoms with Crippen LogP contribution in [0, 0.1) is 0 Å². The van der Waals surface area contributed by atoms with Crippen molar-refractivity contribution in [1.29, 1.82) is 0 Å². The van der Waals surface area contributed by atoms with Gasteiger partial charge in [-0.3, -0.25) is 0 Å². The summed E-state index contributed by atoms with van der Waals surface area (Å²) in [5, 5.41) is 0. The number of hydrogen-bond donors (Lipinski definition) is 0. The van der Waals surface area contributed by atoms with E-state index in [1.54, 1.807) is 4.90 Å². The molecule has 0 aliphatic carbocycles. The normalized spacial score (nSPS) is 24.9. The number of likely N-dealkylation sites (tertiary alicyclic amines) is 1. The van der Waals surface area contributed by atoms with Gasteiger partial charge in [-0.15, -0.1) is 0 Å². The Labute approximate surface area is 74.8 Å². The predicted octanol–water partition coefficient (Wildman–Crippen LogP) is 1.61. The molecule has 1 rings (SSSR count). The molecule has 1 unspecified atom stereocenters.